The summed E-state index contributed by atoms with van der Waals surface area (Å²) in [4.78, 5) is 0. The number of hydrogen-bond acceptors (Lipinski definition) is 3. The molecule has 0 aliphatic heterocycles. The molecule has 0 atom stereocenters. The van der Waals surface area contributed by atoms with Gasteiger partial charge in [-0.15, -0.1) is 0 Å². The van der Waals surface area contributed by atoms with Crippen molar-refractivity contribution in [2.75, 3.05) is 6.54 Å². The van der Waals surface area contributed by atoms with Gasteiger partial charge in [-0.05, 0) is 56.3 Å². The zero-order valence-electron chi connectivity index (χ0n) is 12.0. The van der Waals surface area contributed by atoms with E-state index in [1.807, 2.05) is 25.1 Å². The minimum atomic E-state index is 0.153. The maximum absolute atomic E-state index is 8.67. The second-order valence-corrected chi connectivity index (χ2v) is 5.31. The molecule has 1 aliphatic carbocycles. The van der Waals surface area contributed by atoms with E-state index in [-0.39, 0.29) is 5.84 Å². The molecular formula is C16H23N3O. The number of oxime groups is 1. The molecule has 1 aliphatic rings. The number of benzene rings is 1. The van der Waals surface area contributed by atoms with E-state index in [4.69, 9.17) is 10.9 Å². The highest BCUT2D eigenvalue weighted by molar-refractivity contribution is 5.97. The quantitative estimate of drug-likeness (QED) is 0.186. The topological polar surface area (TPSA) is 70.6 Å². The van der Waals surface area contributed by atoms with Crippen LogP contribution in [0.25, 0.3) is 0 Å². The van der Waals surface area contributed by atoms with Crippen LogP contribution in [0.5, 0.6) is 0 Å². The molecule has 0 radical (unpaired) electrons. The highest BCUT2D eigenvalue weighted by atomic mass is 16.4. The lowest BCUT2D eigenvalue weighted by molar-refractivity contribution is 0.318. The van der Waals surface area contributed by atoms with Crippen LogP contribution >= 0.6 is 0 Å². The van der Waals surface area contributed by atoms with E-state index >= 15 is 0 Å². The van der Waals surface area contributed by atoms with E-state index in [1.165, 1.54) is 24.8 Å². The third-order valence-corrected chi connectivity index (χ3v) is 3.82. The van der Waals surface area contributed by atoms with Gasteiger partial charge in [0.15, 0.2) is 5.84 Å². The van der Waals surface area contributed by atoms with Crippen molar-refractivity contribution < 1.29 is 5.21 Å². The Balaban J connectivity index is 1.83. The lowest BCUT2D eigenvalue weighted by atomic mass is 10.0. The molecule has 0 fully saturated rings. The summed E-state index contributed by atoms with van der Waals surface area (Å²) in [7, 11) is 0. The zero-order chi connectivity index (χ0) is 14.4. The van der Waals surface area contributed by atoms with Gasteiger partial charge in [0.05, 0.1) is 0 Å². The molecule has 0 saturated heterocycles. The van der Waals surface area contributed by atoms with Crippen LogP contribution in [-0.2, 0) is 6.54 Å². The molecule has 0 spiro atoms. The Morgan fingerprint density at radius 3 is 2.95 bits per heavy atom. The maximum Gasteiger partial charge on any atom is 0.170 e. The third-order valence-electron chi connectivity index (χ3n) is 3.82. The minimum Gasteiger partial charge on any atom is -0.409 e. The van der Waals surface area contributed by atoms with Crippen molar-refractivity contribution in [3.05, 3.63) is 46.5 Å². The fourth-order valence-electron chi connectivity index (χ4n) is 2.55. The van der Waals surface area contributed by atoms with Gasteiger partial charge in [0.1, 0.15) is 0 Å². The predicted molar refractivity (Wildman–Crippen MR) is 81.9 cm³/mol. The summed E-state index contributed by atoms with van der Waals surface area (Å²) in [5.41, 5.74) is 10.3. The molecule has 1 aromatic rings. The second-order valence-electron chi connectivity index (χ2n) is 5.31. The van der Waals surface area contributed by atoms with Crippen molar-refractivity contribution >= 4 is 5.84 Å². The fraction of sp³-hybridized carbons (Fsp3) is 0.438. The maximum atomic E-state index is 8.67. The molecule has 0 unspecified atom stereocenters. The summed E-state index contributed by atoms with van der Waals surface area (Å²) >= 11 is 0. The minimum absolute atomic E-state index is 0.153. The number of allylic oxidation sites excluding steroid dienone is 1. The molecule has 2 rings (SSSR count). The second kappa shape index (κ2) is 7.10. The average molecular weight is 273 g/mol. The summed E-state index contributed by atoms with van der Waals surface area (Å²) < 4.78 is 0. The Morgan fingerprint density at radius 2 is 2.30 bits per heavy atom. The summed E-state index contributed by atoms with van der Waals surface area (Å²) in [5, 5.41) is 15.2. The van der Waals surface area contributed by atoms with Crippen molar-refractivity contribution in [3.8, 4) is 0 Å². The number of rotatable bonds is 6. The van der Waals surface area contributed by atoms with E-state index in [1.54, 1.807) is 5.57 Å². The molecule has 20 heavy (non-hydrogen) atoms. The van der Waals surface area contributed by atoms with Gasteiger partial charge in [-0.2, -0.15) is 0 Å². The largest absolute Gasteiger partial charge is 0.409 e. The zero-order valence-corrected chi connectivity index (χ0v) is 12.0. The van der Waals surface area contributed by atoms with Crippen LogP contribution in [0.4, 0.5) is 0 Å². The number of nitrogens with one attached hydrogen (secondary N) is 1. The van der Waals surface area contributed by atoms with Gasteiger partial charge in [0.25, 0.3) is 0 Å². The van der Waals surface area contributed by atoms with Crippen molar-refractivity contribution in [3.63, 3.8) is 0 Å². The van der Waals surface area contributed by atoms with Crippen LogP contribution in [0.15, 0.2) is 35.0 Å². The number of nitrogens with zero attached hydrogens (tertiary/aromatic N) is 1. The summed E-state index contributed by atoms with van der Waals surface area (Å²) in [6, 6.07) is 5.87. The molecule has 0 aromatic heterocycles. The van der Waals surface area contributed by atoms with Crippen LogP contribution in [-0.4, -0.2) is 17.6 Å². The number of nitrogens with two attached hydrogens (primary N) is 1. The SMILES string of the molecule is Cc1cc(/C(N)=N/O)ccc1CNCCC1=CCCC1. The first-order chi connectivity index (χ1) is 9.70. The van der Waals surface area contributed by atoms with Gasteiger partial charge in [-0.25, -0.2) is 0 Å². The van der Waals surface area contributed by atoms with Crippen LogP contribution in [0, 0.1) is 6.92 Å². The molecule has 4 N–H and O–H groups in total. The fourth-order valence-corrected chi connectivity index (χ4v) is 2.55. The van der Waals surface area contributed by atoms with Crippen LogP contribution in [0.3, 0.4) is 0 Å². The first-order valence-electron chi connectivity index (χ1n) is 7.17. The van der Waals surface area contributed by atoms with Gasteiger partial charge >= 0.3 is 0 Å². The van der Waals surface area contributed by atoms with Gasteiger partial charge in [0, 0.05) is 12.1 Å². The van der Waals surface area contributed by atoms with Crippen molar-refractivity contribution in [2.24, 2.45) is 10.9 Å². The predicted octanol–water partition coefficient (Wildman–Crippen LogP) is 2.68. The lowest BCUT2D eigenvalue weighted by Gasteiger charge is -2.10. The molecule has 0 saturated carbocycles. The first-order valence-corrected chi connectivity index (χ1v) is 7.17. The number of hydrogen-bond donors (Lipinski definition) is 3. The van der Waals surface area contributed by atoms with Crippen LogP contribution < -0.4 is 11.1 Å². The standard InChI is InChI=1S/C16H23N3O/c1-12-10-14(16(17)19-20)6-7-15(12)11-18-9-8-13-4-2-3-5-13/h4,6-7,10,18,20H,2-3,5,8-9,11H2,1H3,(H2,17,19). The number of aryl methyl sites for hydroxylation is 1. The Morgan fingerprint density at radius 1 is 1.45 bits per heavy atom. The van der Waals surface area contributed by atoms with E-state index in [2.05, 4.69) is 16.5 Å². The van der Waals surface area contributed by atoms with E-state index in [0.717, 1.165) is 30.6 Å². The highest BCUT2D eigenvalue weighted by Gasteiger charge is 2.05. The molecule has 0 bridgehead atoms. The Hall–Kier alpha value is -1.81. The molecular weight excluding hydrogens is 250 g/mol. The van der Waals surface area contributed by atoms with Gasteiger partial charge in [-0.1, -0.05) is 28.9 Å². The van der Waals surface area contributed by atoms with Gasteiger partial charge in [0.2, 0.25) is 0 Å². The first kappa shape index (κ1) is 14.6. The smallest absolute Gasteiger partial charge is 0.170 e. The summed E-state index contributed by atoms with van der Waals surface area (Å²) in [6.07, 6.45) is 7.38. The monoisotopic (exact) mass is 273 g/mol. The Kier molecular flexibility index (Phi) is 5.18. The van der Waals surface area contributed by atoms with Crippen LogP contribution in [0.1, 0.15) is 42.4 Å². The Bertz CT molecular complexity index is 520. The van der Waals surface area contributed by atoms with Crippen molar-refractivity contribution in [1.29, 1.82) is 0 Å². The van der Waals surface area contributed by atoms with E-state index < -0.39 is 0 Å². The van der Waals surface area contributed by atoms with Gasteiger partial charge in [-0.3, -0.25) is 0 Å². The highest BCUT2D eigenvalue weighted by Crippen LogP contribution is 2.19. The molecule has 0 amide bonds. The lowest BCUT2D eigenvalue weighted by Crippen LogP contribution is -2.17. The molecule has 108 valence electrons. The summed E-state index contributed by atoms with van der Waals surface area (Å²) in [5.74, 6) is 0.153. The van der Waals surface area contributed by atoms with E-state index in [9.17, 15) is 0 Å². The normalized spacial score (nSPS) is 15.4. The molecule has 4 heteroatoms. The van der Waals surface area contributed by atoms with Crippen molar-refractivity contribution in [1.82, 2.24) is 5.32 Å². The van der Waals surface area contributed by atoms with E-state index in [0.29, 0.717) is 0 Å². The Labute approximate surface area is 120 Å². The summed E-state index contributed by atoms with van der Waals surface area (Å²) in [6.45, 7) is 3.92. The molecule has 1 aromatic carbocycles. The van der Waals surface area contributed by atoms with Gasteiger partial charge < -0.3 is 16.3 Å². The average Bonchev–Trinajstić information content (AvgIpc) is 2.97. The van der Waals surface area contributed by atoms with Crippen LogP contribution in [0.2, 0.25) is 0 Å². The molecule has 4 nitrogen and oxygen atoms in total. The number of amidine groups is 1. The van der Waals surface area contributed by atoms with Crippen molar-refractivity contribution in [2.45, 2.75) is 39.2 Å². The molecule has 0 heterocycles. The third kappa shape index (κ3) is 3.84.